The number of rotatable bonds is 7. The number of nitro groups is 1. The molecule has 0 radical (unpaired) electrons. The number of benzene rings is 1. The highest BCUT2D eigenvalue weighted by molar-refractivity contribution is 6.32. The number of methoxy groups -OCH3 is 1. The molecule has 146 valence electrons. The number of nitrogens with zero attached hydrogens (tertiary/aromatic N) is 2. The average molecular weight is 398 g/mol. The van der Waals surface area contributed by atoms with Crippen molar-refractivity contribution in [3.8, 4) is 0 Å². The standard InChI is InChI=1S/C17H20ClN3O6/c1-4-20-10(2)14(16(22)27-8-7-26-3)15(19-17(20)23)11-5-6-12(18)13(9-11)21(24)25/h5-6,9,15H,4,7-8H2,1-3H3,(H,19,23)/t15-/m1/s1. The van der Waals surface area contributed by atoms with Crippen LogP contribution in [-0.2, 0) is 14.3 Å². The Bertz CT molecular complexity index is 795. The second kappa shape index (κ2) is 8.83. The third-order valence-electron chi connectivity index (χ3n) is 4.15. The van der Waals surface area contributed by atoms with Crippen LogP contribution in [0.25, 0.3) is 0 Å². The summed E-state index contributed by atoms with van der Waals surface area (Å²) < 4.78 is 10.1. The lowest BCUT2D eigenvalue weighted by Crippen LogP contribution is -2.48. The van der Waals surface area contributed by atoms with Gasteiger partial charge in [0.15, 0.2) is 0 Å². The molecule has 0 bridgehead atoms. The van der Waals surface area contributed by atoms with E-state index in [1.54, 1.807) is 13.8 Å². The van der Waals surface area contributed by atoms with Gasteiger partial charge in [0.05, 0.1) is 23.1 Å². The Balaban J connectivity index is 2.50. The van der Waals surface area contributed by atoms with Crippen molar-refractivity contribution in [1.82, 2.24) is 10.2 Å². The SMILES string of the molecule is CCN1C(=O)N[C@H](c2ccc(Cl)c([N+](=O)[O-])c2)C(C(=O)OCCOC)=C1C. The van der Waals surface area contributed by atoms with Crippen LogP contribution in [-0.4, -0.2) is 48.7 Å². The van der Waals surface area contributed by atoms with E-state index in [-0.39, 0.29) is 29.5 Å². The highest BCUT2D eigenvalue weighted by atomic mass is 35.5. The van der Waals surface area contributed by atoms with Crippen molar-refractivity contribution in [3.63, 3.8) is 0 Å². The fourth-order valence-electron chi connectivity index (χ4n) is 2.82. The minimum absolute atomic E-state index is 0.0361. The molecule has 0 aliphatic carbocycles. The number of amides is 2. The zero-order valence-electron chi connectivity index (χ0n) is 15.2. The van der Waals surface area contributed by atoms with Crippen LogP contribution in [0.2, 0.25) is 5.02 Å². The topological polar surface area (TPSA) is 111 Å². The summed E-state index contributed by atoms with van der Waals surface area (Å²) in [4.78, 5) is 37.0. The smallest absolute Gasteiger partial charge is 0.338 e. The molecule has 0 unspecified atom stereocenters. The van der Waals surface area contributed by atoms with Crippen LogP contribution in [0.1, 0.15) is 25.5 Å². The predicted molar refractivity (Wildman–Crippen MR) is 97.3 cm³/mol. The van der Waals surface area contributed by atoms with Gasteiger partial charge in [0, 0.05) is 25.4 Å². The van der Waals surface area contributed by atoms with E-state index in [4.69, 9.17) is 21.1 Å². The zero-order valence-corrected chi connectivity index (χ0v) is 15.9. The van der Waals surface area contributed by atoms with E-state index in [1.165, 1.54) is 30.2 Å². The number of esters is 1. The van der Waals surface area contributed by atoms with E-state index in [9.17, 15) is 19.7 Å². The van der Waals surface area contributed by atoms with Gasteiger partial charge in [-0.3, -0.25) is 15.0 Å². The minimum Gasteiger partial charge on any atom is -0.460 e. The van der Waals surface area contributed by atoms with Gasteiger partial charge in [-0.15, -0.1) is 0 Å². The maximum atomic E-state index is 12.6. The Labute approximate surface area is 161 Å². The Kier molecular flexibility index (Phi) is 6.75. The number of urea groups is 1. The summed E-state index contributed by atoms with van der Waals surface area (Å²) in [6.45, 7) is 4.01. The summed E-state index contributed by atoms with van der Waals surface area (Å²) in [5, 5.41) is 13.8. The molecular weight excluding hydrogens is 378 g/mol. The van der Waals surface area contributed by atoms with Gasteiger partial charge in [0.25, 0.3) is 5.69 Å². The quantitative estimate of drug-likeness (QED) is 0.328. The van der Waals surface area contributed by atoms with Crippen molar-refractivity contribution in [2.24, 2.45) is 0 Å². The molecule has 2 rings (SSSR count). The van der Waals surface area contributed by atoms with Crippen molar-refractivity contribution in [1.29, 1.82) is 0 Å². The maximum absolute atomic E-state index is 12.6. The molecule has 0 spiro atoms. The number of carbonyl (C=O) groups is 2. The molecule has 0 saturated heterocycles. The van der Waals surface area contributed by atoms with Gasteiger partial charge >= 0.3 is 12.0 Å². The summed E-state index contributed by atoms with van der Waals surface area (Å²) >= 11 is 5.86. The van der Waals surface area contributed by atoms with Crippen molar-refractivity contribution in [2.45, 2.75) is 19.9 Å². The summed E-state index contributed by atoms with van der Waals surface area (Å²) in [7, 11) is 1.48. The lowest BCUT2D eigenvalue weighted by molar-refractivity contribution is -0.384. The summed E-state index contributed by atoms with van der Waals surface area (Å²) in [6, 6.07) is 2.82. The second-order valence-corrected chi connectivity index (χ2v) is 6.13. The molecule has 0 aromatic heterocycles. The molecule has 27 heavy (non-hydrogen) atoms. The molecule has 1 atom stereocenters. The third-order valence-corrected chi connectivity index (χ3v) is 4.47. The van der Waals surface area contributed by atoms with E-state index in [0.29, 0.717) is 17.8 Å². The first-order valence-electron chi connectivity index (χ1n) is 8.20. The first kappa shape index (κ1) is 20.7. The number of nitro benzene ring substituents is 1. The van der Waals surface area contributed by atoms with Crippen molar-refractivity contribution in [3.05, 3.63) is 50.2 Å². The second-order valence-electron chi connectivity index (χ2n) is 5.72. The van der Waals surface area contributed by atoms with Gasteiger partial charge in [-0.1, -0.05) is 17.7 Å². The third kappa shape index (κ3) is 4.37. The van der Waals surface area contributed by atoms with Gasteiger partial charge in [0.2, 0.25) is 0 Å². The molecule has 2 amide bonds. The zero-order chi connectivity index (χ0) is 20.1. The molecule has 0 fully saturated rings. The average Bonchev–Trinajstić information content (AvgIpc) is 2.61. The van der Waals surface area contributed by atoms with Crippen LogP contribution < -0.4 is 5.32 Å². The summed E-state index contributed by atoms with van der Waals surface area (Å²) in [5.41, 5.74) is 0.662. The van der Waals surface area contributed by atoms with E-state index < -0.39 is 23.0 Å². The molecule has 1 aromatic carbocycles. The first-order chi connectivity index (χ1) is 12.8. The Morgan fingerprint density at radius 1 is 1.41 bits per heavy atom. The van der Waals surface area contributed by atoms with Crippen LogP contribution in [0, 0.1) is 10.1 Å². The van der Waals surface area contributed by atoms with E-state index in [0.717, 1.165) is 0 Å². The molecule has 9 nitrogen and oxygen atoms in total. The first-order valence-corrected chi connectivity index (χ1v) is 8.58. The van der Waals surface area contributed by atoms with Gasteiger partial charge in [0.1, 0.15) is 11.6 Å². The van der Waals surface area contributed by atoms with Gasteiger partial charge < -0.3 is 14.8 Å². The Morgan fingerprint density at radius 3 is 2.70 bits per heavy atom. The molecule has 1 aliphatic rings. The highest BCUT2D eigenvalue weighted by Gasteiger charge is 2.36. The fourth-order valence-corrected chi connectivity index (χ4v) is 3.01. The number of halogens is 1. The van der Waals surface area contributed by atoms with Crippen LogP contribution in [0.15, 0.2) is 29.5 Å². The van der Waals surface area contributed by atoms with Gasteiger partial charge in [-0.05, 0) is 25.5 Å². The lowest BCUT2D eigenvalue weighted by atomic mass is 9.94. The van der Waals surface area contributed by atoms with Crippen LogP contribution >= 0.6 is 11.6 Å². The van der Waals surface area contributed by atoms with E-state index in [2.05, 4.69) is 5.32 Å². The Hall–Kier alpha value is -2.65. The fraction of sp³-hybridized carbons (Fsp3) is 0.412. The predicted octanol–water partition coefficient (Wildman–Crippen LogP) is 2.80. The molecule has 1 N–H and O–H groups in total. The van der Waals surface area contributed by atoms with Crippen molar-refractivity contribution in [2.75, 3.05) is 26.9 Å². The number of nitrogens with one attached hydrogen (secondary N) is 1. The highest BCUT2D eigenvalue weighted by Crippen LogP contribution is 2.34. The molecule has 1 aromatic rings. The molecule has 1 aliphatic heterocycles. The number of ether oxygens (including phenoxy) is 2. The lowest BCUT2D eigenvalue weighted by Gasteiger charge is -2.34. The van der Waals surface area contributed by atoms with Gasteiger partial charge in [-0.25, -0.2) is 9.59 Å². The number of carbonyl (C=O) groups excluding carboxylic acids is 2. The number of hydrogen-bond acceptors (Lipinski definition) is 6. The normalized spacial score (nSPS) is 17.0. The number of hydrogen-bond donors (Lipinski definition) is 1. The summed E-state index contributed by atoms with van der Waals surface area (Å²) in [6.07, 6.45) is 0. The van der Waals surface area contributed by atoms with Crippen molar-refractivity contribution < 1.29 is 24.0 Å². The van der Waals surface area contributed by atoms with Crippen LogP contribution in [0.5, 0.6) is 0 Å². The van der Waals surface area contributed by atoms with Crippen molar-refractivity contribution >= 4 is 29.3 Å². The minimum atomic E-state index is -0.897. The van der Waals surface area contributed by atoms with E-state index >= 15 is 0 Å². The Morgan fingerprint density at radius 2 is 2.11 bits per heavy atom. The van der Waals surface area contributed by atoms with Crippen LogP contribution in [0.4, 0.5) is 10.5 Å². The molecule has 1 heterocycles. The summed E-state index contributed by atoms with van der Waals surface area (Å²) in [5.74, 6) is -0.634. The van der Waals surface area contributed by atoms with Crippen LogP contribution in [0.3, 0.4) is 0 Å². The largest absolute Gasteiger partial charge is 0.460 e. The monoisotopic (exact) mass is 397 g/mol. The maximum Gasteiger partial charge on any atom is 0.338 e. The molecular formula is C17H20ClN3O6. The molecule has 0 saturated carbocycles. The van der Waals surface area contributed by atoms with Gasteiger partial charge in [-0.2, -0.15) is 0 Å². The number of allylic oxidation sites excluding steroid dienone is 1. The van der Waals surface area contributed by atoms with E-state index in [1.807, 2.05) is 0 Å². The molecule has 10 heteroatoms.